The van der Waals surface area contributed by atoms with Crippen LogP contribution in [0.4, 0.5) is 5.82 Å². The average molecular weight is 415 g/mol. The monoisotopic (exact) mass is 414 g/mol. The number of piperidine rings is 1. The van der Waals surface area contributed by atoms with Crippen molar-refractivity contribution in [3.05, 3.63) is 17.5 Å². The van der Waals surface area contributed by atoms with Gasteiger partial charge in [0.2, 0.25) is 0 Å². The molecule has 0 radical (unpaired) electrons. The molecule has 5 heterocycles. The Labute approximate surface area is 173 Å². The van der Waals surface area contributed by atoms with Crippen LogP contribution in [0.1, 0.15) is 51.2 Å². The molecule has 148 valence electrons. The van der Waals surface area contributed by atoms with Crippen molar-refractivity contribution in [3.8, 4) is 0 Å². The lowest BCUT2D eigenvalue weighted by atomic mass is 9.90. The van der Waals surface area contributed by atoms with Gasteiger partial charge in [-0.15, -0.1) is 23.1 Å². The summed E-state index contributed by atoms with van der Waals surface area (Å²) in [6, 6.07) is 0. The smallest absolute Gasteiger partial charge is 0.136 e. The first-order valence-electron chi connectivity index (χ1n) is 10.2. The maximum Gasteiger partial charge on any atom is 0.136 e. The SMILES string of the molecule is CCSc1ncnc2c1sc1nc(N3CCCCC3)c3c(c12)CC(C)(C)OC3. The minimum atomic E-state index is -0.164. The first kappa shape index (κ1) is 18.6. The zero-order chi connectivity index (χ0) is 19.3. The Bertz CT molecular complexity index is 1040. The van der Waals surface area contributed by atoms with Gasteiger partial charge in [0.05, 0.1) is 22.4 Å². The highest BCUT2D eigenvalue weighted by atomic mass is 32.2. The molecule has 0 aliphatic carbocycles. The highest BCUT2D eigenvalue weighted by Gasteiger charge is 2.33. The second-order valence-corrected chi connectivity index (χ2v) is 10.5. The molecule has 5 nitrogen and oxygen atoms in total. The van der Waals surface area contributed by atoms with Crippen LogP contribution in [0.3, 0.4) is 0 Å². The van der Waals surface area contributed by atoms with Gasteiger partial charge in [0, 0.05) is 30.5 Å². The van der Waals surface area contributed by atoms with E-state index in [1.807, 2.05) is 0 Å². The molecule has 0 atom stereocenters. The summed E-state index contributed by atoms with van der Waals surface area (Å²) < 4.78 is 7.40. The summed E-state index contributed by atoms with van der Waals surface area (Å²) in [5.74, 6) is 2.15. The molecule has 0 amide bonds. The predicted octanol–water partition coefficient (Wildman–Crippen LogP) is 5.19. The number of hydrogen-bond donors (Lipinski definition) is 0. The minimum absolute atomic E-state index is 0.164. The zero-order valence-corrected chi connectivity index (χ0v) is 18.4. The number of ether oxygens (including phenoxy) is 1. The summed E-state index contributed by atoms with van der Waals surface area (Å²) in [5.41, 5.74) is 3.57. The maximum atomic E-state index is 6.22. The molecule has 7 heteroatoms. The first-order chi connectivity index (χ1) is 13.6. The van der Waals surface area contributed by atoms with Crippen LogP contribution in [-0.2, 0) is 17.8 Å². The molecule has 0 bridgehead atoms. The van der Waals surface area contributed by atoms with Crippen molar-refractivity contribution in [1.82, 2.24) is 15.0 Å². The third-order valence-electron chi connectivity index (χ3n) is 5.71. The van der Waals surface area contributed by atoms with Gasteiger partial charge in [0.15, 0.2) is 0 Å². The molecule has 1 saturated heterocycles. The third kappa shape index (κ3) is 3.08. The molecular weight excluding hydrogens is 388 g/mol. The van der Waals surface area contributed by atoms with Crippen molar-refractivity contribution in [2.45, 2.75) is 63.7 Å². The fourth-order valence-corrected chi connectivity index (χ4v) is 6.34. The van der Waals surface area contributed by atoms with E-state index in [4.69, 9.17) is 14.7 Å². The van der Waals surface area contributed by atoms with Gasteiger partial charge in [-0.1, -0.05) is 6.92 Å². The molecular formula is C21H26N4OS2. The Balaban J connectivity index is 1.79. The van der Waals surface area contributed by atoms with Gasteiger partial charge in [0.1, 0.15) is 22.0 Å². The van der Waals surface area contributed by atoms with Crippen molar-refractivity contribution in [3.63, 3.8) is 0 Å². The van der Waals surface area contributed by atoms with Crippen LogP contribution < -0.4 is 4.90 Å². The van der Waals surface area contributed by atoms with Gasteiger partial charge >= 0.3 is 0 Å². The number of rotatable bonds is 3. The van der Waals surface area contributed by atoms with E-state index < -0.39 is 0 Å². The molecule has 0 unspecified atom stereocenters. The summed E-state index contributed by atoms with van der Waals surface area (Å²) in [6.45, 7) is 9.36. The Morgan fingerprint density at radius 3 is 2.79 bits per heavy atom. The standard InChI is InChI=1S/C21H26N4OS2/c1-4-27-20-17-16(22-12-23-20)15-13-10-21(2,3)26-11-14(13)18(24-19(15)28-17)25-8-6-5-7-9-25/h12H,4-11H2,1-3H3. The number of thioether (sulfide) groups is 1. The van der Waals surface area contributed by atoms with Gasteiger partial charge in [-0.3, -0.25) is 0 Å². The van der Waals surface area contributed by atoms with E-state index >= 15 is 0 Å². The van der Waals surface area contributed by atoms with Crippen molar-refractivity contribution in [2.24, 2.45) is 0 Å². The number of pyridine rings is 1. The highest BCUT2D eigenvalue weighted by Crippen LogP contribution is 2.44. The molecule has 3 aromatic rings. The predicted molar refractivity (Wildman–Crippen MR) is 118 cm³/mol. The maximum absolute atomic E-state index is 6.22. The normalized spacial score (nSPS) is 19.3. The molecule has 3 aromatic heterocycles. The first-order valence-corrected chi connectivity index (χ1v) is 12.0. The minimum Gasteiger partial charge on any atom is -0.370 e. The molecule has 0 N–H and O–H groups in total. The number of hydrogen-bond acceptors (Lipinski definition) is 7. The summed E-state index contributed by atoms with van der Waals surface area (Å²) in [4.78, 5) is 18.0. The molecule has 2 aliphatic heterocycles. The lowest BCUT2D eigenvalue weighted by Crippen LogP contribution is -2.36. The number of nitrogens with zero attached hydrogens (tertiary/aromatic N) is 4. The van der Waals surface area contributed by atoms with Crippen molar-refractivity contribution in [1.29, 1.82) is 0 Å². The van der Waals surface area contributed by atoms with Gasteiger partial charge in [-0.05, 0) is 44.4 Å². The zero-order valence-electron chi connectivity index (χ0n) is 16.7. The van der Waals surface area contributed by atoms with E-state index in [1.165, 1.54) is 40.5 Å². The van der Waals surface area contributed by atoms with E-state index in [-0.39, 0.29) is 5.60 Å². The van der Waals surface area contributed by atoms with Crippen molar-refractivity contribution < 1.29 is 4.74 Å². The van der Waals surface area contributed by atoms with Crippen LogP contribution in [0.25, 0.3) is 20.4 Å². The quantitative estimate of drug-likeness (QED) is 0.434. The lowest BCUT2D eigenvalue weighted by Gasteiger charge is -2.36. The fourth-order valence-electron chi connectivity index (χ4n) is 4.37. The van der Waals surface area contributed by atoms with Crippen LogP contribution in [-0.4, -0.2) is 39.4 Å². The van der Waals surface area contributed by atoms with Crippen molar-refractivity contribution in [2.75, 3.05) is 23.7 Å². The highest BCUT2D eigenvalue weighted by molar-refractivity contribution is 7.99. The molecule has 2 aliphatic rings. The Hall–Kier alpha value is -1.44. The van der Waals surface area contributed by atoms with E-state index in [0.29, 0.717) is 6.61 Å². The molecule has 5 rings (SSSR count). The molecule has 0 aromatic carbocycles. The number of anilines is 1. The van der Waals surface area contributed by atoms with Gasteiger partial charge in [-0.2, -0.15) is 0 Å². The van der Waals surface area contributed by atoms with Crippen LogP contribution in [0, 0.1) is 0 Å². The number of aromatic nitrogens is 3. The summed E-state index contributed by atoms with van der Waals surface area (Å²) in [6.07, 6.45) is 6.42. The number of fused-ring (bicyclic) bond motifs is 5. The van der Waals surface area contributed by atoms with Crippen LogP contribution >= 0.6 is 23.1 Å². The molecule has 1 fully saturated rings. The third-order valence-corrected chi connectivity index (χ3v) is 7.79. The summed E-state index contributed by atoms with van der Waals surface area (Å²) >= 11 is 3.54. The van der Waals surface area contributed by atoms with Gasteiger partial charge < -0.3 is 9.64 Å². The van der Waals surface area contributed by atoms with Gasteiger partial charge in [-0.25, -0.2) is 15.0 Å². The molecule has 0 saturated carbocycles. The fraction of sp³-hybridized carbons (Fsp3) is 0.571. The number of thiophene rings is 1. The molecule has 28 heavy (non-hydrogen) atoms. The summed E-state index contributed by atoms with van der Waals surface area (Å²) in [5, 5.41) is 2.31. The van der Waals surface area contributed by atoms with Crippen LogP contribution in [0.5, 0.6) is 0 Å². The second kappa shape index (κ2) is 7.11. The lowest BCUT2D eigenvalue weighted by molar-refractivity contribution is -0.0395. The largest absolute Gasteiger partial charge is 0.370 e. The van der Waals surface area contributed by atoms with Crippen molar-refractivity contribution >= 4 is 49.3 Å². The van der Waals surface area contributed by atoms with Gasteiger partial charge in [0.25, 0.3) is 0 Å². The van der Waals surface area contributed by atoms with E-state index in [2.05, 4.69) is 30.7 Å². The Morgan fingerprint density at radius 1 is 1.18 bits per heavy atom. The Morgan fingerprint density at radius 2 is 2.00 bits per heavy atom. The van der Waals surface area contributed by atoms with Crippen LogP contribution in [0.15, 0.2) is 11.4 Å². The summed E-state index contributed by atoms with van der Waals surface area (Å²) in [7, 11) is 0. The average Bonchev–Trinajstić information content (AvgIpc) is 3.07. The van der Waals surface area contributed by atoms with E-state index in [0.717, 1.165) is 46.5 Å². The topological polar surface area (TPSA) is 51.1 Å². The van der Waals surface area contributed by atoms with Crippen LogP contribution in [0.2, 0.25) is 0 Å². The van der Waals surface area contributed by atoms with E-state index in [9.17, 15) is 0 Å². The van der Waals surface area contributed by atoms with E-state index in [1.54, 1.807) is 29.4 Å². The molecule has 0 spiro atoms. The second-order valence-electron chi connectivity index (χ2n) is 8.24. The Kier molecular flexibility index (Phi) is 4.72.